The number of guanidine groups is 1. The number of aliphatic imine (C=N–C) groups is 1. The molecule has 0 aromatic rings. The van der Waals surface area contributed by atoms with E-state index in [1.807, 2.05) is 20.8 Å². The maximum absolute atomic E-state index is 11.3. The number of hydrogen-bond donors (Lipinski definition) is 2. The summed E-state index contributed by atoms with van der Waals surface area (Å²) < 4.78 is 0. The molecule has 0 aliphatic carbocycles. The number of piperidine rings is 2. The van der Waals surface area contributed by atoms with Crippen LogP contribution in [0.3, 0.4) is 0 Å². The lowest BCUT2D eigenvalue weighted by molar-refractivity contribution is -0.125. The highest BCUT2D eigenvalue weighted by Gasteiger charge is 2.34. The van der Waals surface area contributed by atoms with Gasteiger partial charge in [-0.3, -0.25) is 4.79 Å². The second-order valence-corrected chi connectivity index (χ2v) is 6.35. The second-order valence-electron chi connectivity index (χ2n) is 6.35. The molecule has 0 aromatic heterocycles. The highest BCUT2D eigenvalue weighted by molar-refractivity contribution is 5.79. The third kappa shape index (κ3) is 3.15. The summed E-state index contributed by atoms with van der Waals surface area (Å²) in [5.74, 6) is 1.35. The van der Waals surface area contributed by atoms with Gasteiger partial charge in [0, 0.05) is 25.6 Å². The van der Waals surface area contributed by atoms with Crippen LogP contribution in [0.5, 0.6) is 0 Å². The minimum Gasteiger partial charge on any atom is -0.370 e. The number of nitrogens with zero attached hydrogens (tertiary/aromatic N) is 2. The fourth-order valence-corrected chi connectivity index (χ4v) is 2.73. The van der Waals surface area contributed by atoms with Crippen LogP contribution in [-0.2, 0) is 4.79 Å². The monoisotopic (exact) mass is 252 g/mol. The van der Waals surface area contributed by atoms with E-state index < -0.39 is 0 Å². The molecule has 0 spiro atoms. The summed E-state index contributed by atoms with van der Waals surface area (Å²) in [4.78, 5) is 18.0. The van der Waals surface area contributed by atoms with Gasteiger partial charge >= 0.3 is 0 Å². The highest BCUT2D eigenvalue weighted by atomic mass is 16.1. The Balaban J connectivity index is 1.99. The minimum atomic E-state index is -0.137. The molecule has 18 heavy (non-hydrogen) atoms. The summed E-state index contributed by atoms with van der Waals surface area (Å²) >= 11 is 0. The molecule has 5 nitrogen and oxygen atoms in total. The SMILES string of the molecule is CC(C)(C)N=C(N)N1CCC2NC(=O)CCC2C1. The second kappa shape index (κ2) is 4.78. The van der Waals surface area contributed by atoms with Crippen molar-refractivity contribution in [1.29, 1.82) is 0 Å². The molecule has 0 radical (unpaired) electrons. The van der Waals surface area contributed by atoms with Gasteiger partial charge in [-0.25, -0.2) is 4.99 Å². The van der Waals surface area contributed by atoms with Crippen molar-refractivity contribution in [3.8, 4) is 0 Å². The van der Waals surface area contributed by atoms with E-state index in [0.717, 1.165) is 25.9 Å². The van der Waals surface area contributed by atoms with Gasteiger partial charge in [0.2, 0.25) is 5.91 Å². The Kier molecular flexibility index (Phi) is 3.50. The minimum absolute atomic E-state index is 0.137. The third-order valence-electron chi connectivity index (χ3n) is 3.60. The molecule has 2 unspecified atom stereocenters. The number of likely N-dealkylation sites (tertiary alicyclic amines) is 1. The van der Waals surface area contributed by atoms with Gasteiger partial charge in [-0.05, 0) is 39.5 Å². The van der Waals surface area contributed by atoms with E-state index in [0.29, 0.717) is 24.3 Å². The molecule has 3 N–H and O–H groups in total. The van der Waals surface area contributed by atoms with Crippen molar-refractivity contribution >= 4 is 11.9 Å². The summed E-state index contributed by atoms with van der Waals surface area (Å²) in [6, 6.07) is 0.338. The first kappa shape index (κ1) is 13.2. The van der Waals surface area contributed by atoms with Crippen LogP contribution in [0.25, 0.3) is 0 Å². The number of rotatable bonds is 0. The molecule has 2 atom stereocenters. The van der Waals surface area contributed by atoms with E-state index in [1.54, 1.807) is 0 Å². The van der Waals surface area contributed by atoms with E-state index in [2.05, 4.69) is 15.2 Å². The lowest BCUT2D eigenvalue weighted by atomic mass is 9.85. The van der Waals surface area contributed by atoms with Crippen molar-refractivity contribution in [3.05, 3.63) is 0 Å². The van der Waals surface area contributed by atoms with Crippen LogP contribution in [0.2, 0.25) is 0 Å². The van der Waals surface area contributed by atoms with Crippen LogP contribution >= 0.6 is 0 Å². The summed E-state index contributed by atoms with van der Waals surface area (Å²) in [5, 5.41) is 3.08. The maximum atomic E-state index is 11.3. The van der Waals surface area contributed by atoms with Gasteiger partial charge < -0.3 is 16.0 Å². The largest absolute Gasteiger partial charge is 0.370 e. The number of amides is 1. The van der Waals surface area contributed by atoms with Crippen LogP contribution in [0, 0.1) is 5.92 Å². The van der Waals surface area contributed by atoms with E-state index in [4.69, 9.17) is 5.73 Å². The van der Waals surface area contributed by atoms with Gasteiger partial charge in [-0.15, -0.1) is 0 Å². The quantitative estimate of drug-likeness (QED) is 0.492. The first-order valence-electron chi connectivity index (χ1n) is 6.75. The molecule has 2 aliphatic heterocycles. The Morgan fingerprint density at radius 1 is 1.44 bits per heavy atom. The average Bonchev–Trinajstić information content (AvgIpc) is 2.26. The molecule has 2 rings (SSSR count). The Hall–Kier alpha value is -1.26. The Bertz CT molecular complexity index is 358. The fraction of sp³-hybridized carbons (Fsp3) is 0.846. The Morgan fingerprint density at radius 3 is 2.83 bits per heavy atom. The van der Waals surface area contributed by atoms with Gasteiger partial charge in [0.1, 0.15) is 0 Å². The molecule has 2 heterocycles. The molecule has 0 bridgehead atoms. The molecule has 102 valence electrons. The maximum Gasteiger partial charge on any atom is 0.220 e. The lowest BCUT2D eigenvalue weighted by Gasteiger charge is -2.42. The van der Waals surface area contributed by atoms with Crippen molar-refractivity contribution < 1.29 is 4.79 Å². The standard InChI is InChI=1S/C13H24N4O/c1-13(2,3)16-12(14)17-7-6-10-9(8-17)4-5-11(18)15-10/h9-10H,4-8H2,1-3H3,(H2,14,16)(H,15,18). The molecule has 2 fully saturated rings. The molecule has 2 aliphatic rings. The zero-order chi connectivity index (χ0) is 13.3. The smallest absolute Gasteiger partial charge is 0.220 e. The highest BCUT2D eigenvalue weighted by Crippen LogP contribution is 2.25. The first-order chi connectivity index (χ1) is 8.35. The van der Waals surface area contributed by atoms with Crippen LogP contribution < -0.4 is 11.1 Å². The molecule has 2 saturated heterocycles. The topological polar surface area (TPSA) is 70.7 Å². The molecule has 0 aromatic carbocycles. The van der Waals surface area contributed by atoms with Gasteiger partial charge in [0.05, 0.1) is 5.54 Å². The lowest BCUT2D eigenvalue weighted by Crippen LogP contribution is -2.56. The van der Waals surface area contributed by atoms with E-state index in [9.17, 15) is 4.79 Å². The van der Waals surface area contributed by atoms with Crippen molar-refractivity contribution in [2.75, 3.05) is 13.1 Å². The fourth-order valence-electron chi connectivity index (χ4n) is 2.73. The molecular weight excluding hydrogens is 228 g/mol. The van der Waals surface area contributed by atoms with Crippen LogP contribution in [0.1, 0.15) is 40.0 Å². The van der Waals surface area contributed by atoms with Gasteiger partial charge in [-0.2, -0.15) is 0 Å². The molecule has 0 saturated carbocycles. The molecule has 5 heteroatoms. The van der Waals surface area contributed by atoms with E-state index in [1.165, 1.54) is 0 Å². The molecular formula is C13H24N4O. The van der Waals surface area contributed by atoms with Crippen LogP contribution in [-0.4, -0.2) is 41.4 Å². The number of fused-ring (bicyclic) bond motifs is 1. The Labute approximate surface area is 109 Å². The predicted molar refractivity (Wildman–Crippen MR) is 72.2 cm³/mol. The Morgan fingerprint density at radius 2 is 2.17 bits per heavy atom. The predicted octanol–water partition coefficient (Wildman–Crippen LogP) is 0.700. The van der Waals surface area contributed by atoms with Crippen LogP contribution in [0.15, 0.2) is 4.99 Å². The van der Waals surface area contributed by atoms with Crippen molar-refractivity contribution in [3.63, 3.8) is 0 Å². The number of carbonyl (C=O) groups excluding carboxylic acids is 1. The zero-order valence-corrected chi connectivity index (χ0v) is 11.6. The van der Waals surface area contributed by atoms with Crippen molar-refractivity contribution in [2.24, 2.45) is 16.6 Å². The third-order valence-corrected chi connectivity index (χ3v) is 3.60. The number of nitrogens with one attached hydrogen (secondary N) is 1. The van der Waals surface area contributed by atoms with Gasteiger partial charge in [0.15, 0.2) is 5.96 Å². The zero-order valence-electron chi connectivity index (χ0n) is 11.6. The van der Waals surface area contributed by atoms with E-state index >= 15 is 0 Å². The van der Waals surface area contributed by atoms with E-state index in [-0.39, 0.29) is 11.4 Å². The average molecular weight is 252 g/mol. The summed E-state index contributed by atoms with van der Waals surface area (Å²) in [6.45, 7) is 7.94. The van der Waals surface area contributed by atoms with Gasteiger partial charge in [0.25, 0.3) is 0 Å². The molecule has 1 amide bonds. The van der Waals surface area contributed by atoms with Crippen molar-refractivity contribution in [1.82, 2.24) is 10.2 Å². The van der Waals surface area contributed by atoms with Crippen LogP contribution in [0.4, 0.5) is 0 Å². The van der Waals surface area contributed by atoms with Crippen molar-refractivity contribution in [2.45, 2.75) is 51.6 Å². The van der Waals surface area contributed by atoms with Gasteiger partial charge in [-0.1, -0.05) is 0 Å². The number of hydrogen-bond acceptors (Lipinski definition) is 2. The normalized spacial score (nSPS) is 29.8. The first-order valence-corrected chi connectivity index (χ1v) is 6.75. The summed E-state index contributed by atoms with van der Waals surface area (Å²) in [6.07, 6.45) is 2.58. The number of nitrogens with two attached hydrogens (primary N) is 1. The summed E-state index contributed by atoms with van der Waals surface area (Å²) in [7, 11) is 0. The summed E-state index contributed by atoms with van der Waals surface area (Å²) in [5.41, 5.74) is 5.94. The number of carbonyl (C=O) groups is 1.